The number of amides is 1. The summed E-state index contributed by atoms with van der Waals surface area (Å²) < 4.78 is 10.2. The lowest BCUT2D eigenvalue weighted by Crippen LogP contribution is -2.15. The van der Waals surface area contributed by atoms with Gasteiger partial charge in [-0.1, -0.05) is 30.0 Å². The molecule has 0 aliphatic rings. The molecular weight excluding hydrogens is 366 g/mol. The van der Waals surface area contributed by atoms with Gasteiger partial charge >= 0.3 is 6.09 Å². The molecule has 29 heavy (non-hydrogen) atoms. The first-order chi connectivity index (χ1) is 14.1. The number of carbonyl (C=O) groups is 1. The van der Waals surface area contributed by atoms with Gasteiger partial charge in [-0.3, -0.25) is 0 Å². The molecule has 3 aromatic carbocycles. The van der Waals surface area contributed by atoms with E-state index in [0.29, 0.717) is 12.2 Å². The second kappa shape index (κ2) is 9.29. The standard InChI is InChI=1S/C23H21N3O3/c1-28-22-9-6-17(13-21(22)10-11-29-23(24)27)3-2-16-4-7-20-14-18(15-26-25)5-8-19(20)12-16/h4-9,12-15H,10-11,25H2,1H3,(H2,24,27)/b26-15+. The number of ether oxygens (including phenoxy) is 2. The third kappa shape index (κ3) is 5.27. The molecule has 3 aromatic rings. The summed E-state index contributed by atoms with van der Waals surface area (Å²) in [5.41, 5.74) is 8.60. The van der Waals surface area contributed by atoms with Gasteiger partial charge in [0.05, 0.1) is 19.9 Å². The van der Waals surface area contributed by atoms with Crippen LogP contribution < -0.4 is 16.3 Å². The van der Waals surface area contributed by atoms with Gasteiger partial charge in [-0.25, -0.2) is 4.79 Å². The molecule has 6 heteroatoms. The number of hydrogen-bond acceptors (Lipinski definition) is 5. The minimum absolute atomic E-state index is 0.185. The fourth-order valence-electron chi connectivity index (χ4n) is 2.97. The van der Waals surface area contributed by atoms with E-state index >= 15 is 0 Å². The number of nitrogens with zero attached hydrogens (tertiary/aromatic N) is 1. The second-order valence-electron chi connectivity index (χ2n) is 6.29. The first kappa shape index (κ1) is 19.8. The summed E-state index contributed by atoms with van der Waals surface area (Å²) in [6, 6.07) is 17.7. The average molecular weight is 387 g/mol. The van der Waals surface area contributed by atoms with Crippen molar-refractivity contribution in [2.75, 3.05) is 13.7 Å². The molecule has 0 radical (unpaired) electrons. The molecule has 0 bridgehead atoms. The maximum Gasteiger partial charge on any atom is 0.404 e. The molecule has 1 amide bonds. The van der Waals surface area contributed by atoms with Crippen LogP contribution in [0.1, 0.15) is 22.3 Å². The van der Waals surface area contributed by atoms with E-state index < -0.39 is 6.09 Å². The molecule has 0 spiro atoms. The van der Waals surface area contributed by atoms with E-state index in [0.717, 1.165) is 33.0 Å². The first-order valence-corrected chi connectivity index (χ1v) is 8.97. The van der Waals surface area contributed by atoms with E-state index in [9.17, 15) is 4.79 Å². The Bertz CT molecular complexity index is 1130. The van der Waals surface area contributed by atoms with E-state index in [-0.39, 0.29) is 6.61 Å². The van der Waals surface area contributed by atoms with E-state index in [1.807, 2.05) is 54.6 Å². The second-order valence-corrected chi connectivity index (χ2v) is 6.29. The van der Waals surface area contributed by atoms with Gasteiger partial charge in [-0.2, -0.15) is 5.10 Å². The summed E-state index contributed by atoms with van der Waals surface area (Å²) in [5, 5.41) is 5.73. The summed E-state index contributed by atoms with van der Waals surface area (Å²) in [6.45, 7) is 0.185. The average Bonchev–Trinajstić information content (AvgIpc) is 2.72. The van der Waals surface area contributed by atoms with Gasteiger partial charge in [-0.15, -0.1) is 0 Å². The minimum Gasteiger partial charge on any atom is -0.496 e. The molecule has 6 nitrogen and oxygen atoms in total. The van der Waals surface area contributed by atoms with Crippen molar-refractivity contribution in [1.82, 2.24) is 0 Å². The van der Waals surface area contributed by atoms with Crippen LogP contribution in [-0.4, -0.2) is 26.0 Å². The Morgan fingerprint density at radius 1 is 1.03 bits per heavy atom. The maximum absolute atomic E-state index is 10.7. The summed E-state index contributed by atoms with van der Waals surface area (Å²) in [7, 11) is 1.60. The Kier molecular flexibility index (Phi) is 6.33. The van der Waals surface area contributed by atoms with Crippen LogP contribution in [0.4, 0.5) is 4.79 Å². The van der Waals surface area contributed by atoms with Crippen molar-refractivity contribution < 1.29 is 14.3 Å². The van der Waals surface area contributed by atoms with Gasteiger partial charge in [-0.05, 0) is 58.3 Å². The molecule has 3 rings (SSSR count). The molecule has 0 saturated carbocycles. The van der Waals surface area contributed by atoms with E-state index in [4.69, 9.17) is 21.1 Å². The largest absolute Gasteiger partial charge is 0.496 e. The number of carbonyl (C=O) groups excluding carboxylic acids is 1. The van der Waals surface area contributed by atoms with Gasteiger partial charge in [0.2, 0.25) is 0 Å². The zero-order valence-electron chi connectivity index (χ0n) is 16.0. The topological polar surface area (TPSA) is 99.9 Å². The monoisotopic (exact) mass is 387 g/mol. The highest BCUT2D eigenvalue weighted by molar-refractivity contribution is 5.91. The Morgan fingerprint density at radius 2 is 1.72 bits per heavy atom. The summed E-state index contributed by atoms with van der Waals surface area (Å²) in [5.74, 6) is 12.3. The van der Waals surface area contributed by atoms with Crippen LogP contribution in [0.3, 0.4) is 0 Å². The van der Waals surface area contributed by atoms with Gasteiger partial charge in [0.1, 0.15) is 5.75 Å². The van der Waals surface area contributed by atoms with Crippen LogP contribution in [0.2, 0.25) is 0 Å². The predicted octanol–water partition coefficient (Wildman–Crippen LogP) is 3.18. The number of benzene rings is 3. The summed E-state index contributed by atoms with van der Waals surface area (Å²) >= 11 is 0. The molecule has 0 unspecified atom stereocenters. The number of nitrogens with two attached hydrogens (primary N) is 2. The number of methoxy groups -OCH3 is 1. The molecule has 4 N–H and O–H groups in total. The molecule has 0 aliphatic heterocycles. The van der Waals surface area contributed by atoms with Gasteiger partial charge in [0, 0.05) is 17.5 Å². The fraction of sp³-hybridized carbons (Fsp3) is 0.130. The number of hydrazone groups is 1. The lowest BCUT2D eigenvalue weighted by Gasteiger charge is -2.09. The van der Waals surface area contributed by atoms with Crippen molar-refractivity contribution >= 4 is 23.1 Å². The van der Waals surface area contributed by atoms with Gasteiger partial charge < -0.3 is 21.1 Å². The van der Waals surface area contributed by atoms with Gasteiger partial charge in [0.25, 0.3) is 0 Å². The molecular formula is C23H21N3O3. The number of fused-ring (bicyclic) bond motifs is 1. The molecule has 0 aromatic heterocycles. The summed E-state index contributed by atoms with van der Waals surface area (Å²) in [4.78, 5) is 10.7. The predicted molar refractivity (Wildman–Crippen MR) is 114 cm³/mol. The van der Waals surface area contributed by atoms with Crippen LogP contribution in [0.15, 0.2) is 59.7 Å². The number of rotatable bonds is 5. The van der Waals surface area contributed by atoms with E-state index in [2.05, 4.69) is 16.9 Å². The smallest absolute Gasteiger partial charge is 0.404 e. The minimum atomic E-state index is -0.793. The van der Waals surface area contributed by atoms with Crippen molar-refractivity contribution in [2.24, 2.45) is 16.7 Å². The van der Waals surface area contributed by atoms with Crippen LogP contribution in [0.5, 0.6) is 5.75 Å². The molecule has 0 heterocycles. The molecule has 0 saturated heterocycles. The van der Waals surface area contributed by atoms with Crippen LogP contribution in [0, 0.1) is 11.8 Å². The number of primary amides is 1. The molecule has 0 atom stereocenters. The van der Waals surface area contributed by atoms with E-state index in [1.165, 1.54) is 0 Å². The number of hydrogen-bond donors (Lipinski definition) is 2. The highest BCUT2D eigenvalue weighted by Crippen LogP contribution is 2.21. The lowest BCUT2D eigenvalue weighted by atomic mass is 10.0. The zero-order valence-corrected chi connectivity index (χ0v) is 16.0. The quantitative estimate of drug-likeness (QED) is 0.304. The fourth-order valence-corrected chi connectivity index (χ4v) is 2.97. The van der Waals surface area contributed by atoms with Crippen LogP contribution in [-0.2, 0) is 11.2 Å². The zero-order chi connectivity index (χ0) is 20.6. The third-order valence-electron chi connectivity index (χ3n) is 4.34. The van der Waals surface area contributed by atoms with Crippen LogP contribution >= 0.6 is 0 Å². The Morgan fingerprint density at radius 3 is 2.45 bits per heavy atom. The first-order valence-electron chi connectivity index (χ1n) is 8.97. The normalized spacial score (nSPS) is 10.5. The molecule has 146 valence electrons. The van der Waals surface area contributed by atoms with Crippen molar-refractivity contribution in [3.63, 3.8) is 0 Å². The molecule has 0 aliphatic carbocycles. The Labute approximate surface area is 169 Å². The van der Waals surface area contributed by atoms with Crippen molar-refractivity contribution in [3.05, 3.63) is 76.9 Å². The Balaban J connectivity index is 1.82. The third-order valence-corrected chi connectivity index (χ3v) is 4.34. The van der Waals surface area contributed by atoms with Crippen LogP contribution in [0.25, 0.3) is 10.8 Å². The SMILES string of the molecule is COc1ccc(C#Cc2ccc3cc(/C=N/N)ccc3c2)cc1CCOC(N)=O. The molecule has 0 fully saturated rings. The highest BCUT2D eigenvalue weighted by atomic mass is 16.5. The van der Waals surface area contributed by atoms with Crippen molar-refractivity contribution in [2.45, 2.75) is 6.42 Å². The summed E-state index contributed by atoms with van der Waals surface area (Å²) in [6.07, 6.45) is 1.31. The Hall–Kier alpha value is -3.98. The van der Waals surface area contributed by atoms with Crippen molar-refractivity contribution in [1.29, 1.82) is 0 Å². The lowest BCUT2D eigenvalue weighted by molar-refractivity contribution is 0.158. The highest BCUT2D eigenvalue weighted by Gasteiger charge is 2.05. The maximum atomic E-state index is 10.7. The van der Waals surface area contributed by atoms with Gasteiger partial charge in [0.15, 0.2) is 0 Å². The van der Waals surface area contributed by atoms with Crippen molar-refractivity contribution in [3.8, 4) is 17.6 Å². The van der Waals surface area contributed by atoms with E-state index in [1.54, 1.807) is 13.3 Å².